The number of benzene rings is 1. The largest absolute Gasteiger partial charge is 0.381 e. The van der Waals surface area contributed by atoms with Gasteiger partial charge in [-0.25, -0.2) is 0 Å². The normalized spacial score (nSPS) is 22.5. The van der Waals surface area contributed by atoms with E-state index in [-0.39, 0.29) is 4.75 Å². The smallest absolute Gasteiger partial charge is 0.0469 e. The van der Waals surface area contributed by atoms with Crippen LogP contribution in [0.1, 0.15) is 45.2 Å². The number of hydrogen-bond donors (Lipinski definition) is 1. The van der Waals surface area contributed by atoms with Crippen LogP contribution in [0.2, 0.25) is 0 Å². The van der Waals surface area contributed by atoms with Crippen LogP contribution in [0, 0.1) is 5.92 Å². The van der Waals surface area contributed by atoms with E-state index in [0.29, 0.717) is 12.0 Å². The average Bonchev–Trinajstić information content (AvgIpc) is 2.57. The molecule has 1 aromatic carbocycles. The first-order chi connectivity index (χ1) is 11.5. The second-order valence-electron chi connectivity index (χ2n) is 7.93. The SMILES string of the molecule is CC(C)(C)Sc1ccccc1[C@H](C1CCOCC1)N1CCNCC1. The Balaban J connectivity index is 1.92. The predicted molar refractivity (Wildman–Crippen MR) is 103 cm³/mol. The van der Waals surface area contributed by atoms with Crippen LogP contribution in [0.15, 0.2) is 29.2 Å². The van der Waals surface area contributed by atoms with Gasteiger partial charge in [0.05, 0.1) is 0 Å². The van der Waals surface area contributed by atoms with E-state index >= 15 is 0 Å². The van der Waals surface area contributed by atoms with E-state index in [0.717, 1.165) is 39.4 Å². The zero-order valence-corrected chi connectivity index (χ0v) is 16.2. The fraction of sp³-hybridized carbons (Fsp3) is 0.700. The summed E-state index contributed by atoms with van der Waals surface area (Å²) in [7, 11) is 0. The van der Waals surface area contributed by atoms with Gasteiger partial charge in [0, 0.05) is 55.1 Å². The van der Waals surface area contributed by atoms with E-state index < -0.39 is 0 Å². The number of ether oxygens (including phenoxy) is 1. The lowest BCUT2D eigenvalue weighted by Crippen LogP contribution is -2.47. The van der Waals surface area contributed by atoms with Gasteiger partial charge in [0.2, 0.25) is 0 Å². The van der Waals surface area contributed by atoms with Gasteiger partial charge < -0.3 is 10.1 Å². The predicted octanol–water partition coefficient (Wildman–Crippen LogP) is 3.95. The van der Waals surface area contributed by atoms with Crippen molar-refractivity contribution in [3.63, 3.8) is 0 Å². The average molecular weight is 349 g/mol. The molecule has 2 aliphatic rings. The maximum atomic E-state index is 5.65. The van der Waals surface area contributed by atoms with Crippen molar-refractivity contribution in [3.05, 3.63) is 29.8 Å². The first-order valence-electron chi connectivity index (χ1n) is 9.35. The van der Waals surface area contributed by atoms with Crippen molar-refractivity contribution in [2.75, 3.05) is 39.4 Å². The lowest BCUT2D eigenvalue weighted by atomic mass is 9.85. The Bertz CT molecular complexity index is 499. The Hall–Kier alpha value is -0.550. The Morgan fingerprint density at radius 3 is 2.46 bits per heavy atom. The molecule has 0 bridgehead atoms. The standard InChI is InChI=1S/C20H32N2OS/c1-20(2,3)24-18-7-5-4-6-17(18)19(16-8-14-23-15-9-16)22-12-10-21-11-13-22/h4-7,16,19,21H,8-15H2,1-3H3/t19-/m0/s1. The highest BCUT2D eigenvalue weighted by molar-refractivity contribution is 8.00. The van der Waals surface area contributed by atoms with Crippen LogP contribution >= 0.6 is 11.8 Å². The van der Waals surface area contributed by atoms with E-state index in [2.05, 4.69) is 55.3 Å². The van der Waals surface area contributed by atoms with E-state index in [1.54, 1.807) is 0 Å². The zero-order valence-electron chi connectivity index (χ0n) is 15.4. The topological polar surface area (TPSA) is 24.5 Å². The molecule has 24 heavy (non-hydrogen) atoms. The van der Waals surface area contributed by atoms with E-state index in [9.17, 15) is 0 Å². The lowest BCUT2D eigenvalue weighted by Gasteiger charge is -2.42. The molecule has 0 amide bonds. The summed E-state index contributed by atoms with van der Waals surface area (Å²) in [5, 5.41) is 3.51. The minimum Gasteiger partial charge on any atom is -0.381 e. The minimum atomic E-state index is 0.236. The van der Waals surface area contributed by atoms with Gasteiger partial charge in [0.15, 0.2) is 0 Å². The van der Waals surface area contributed by atoms with Gasteiger partial charge >= 0.3 is 0 Å². The third-order valence-corrected chi connectivity index (χ3v) is 6.12. The van der Waals surface area contributed by atoms with Crippen molar-refractivity contribution in [1.82, 2.24) is 10.2 Å². The number of thioether (sulfide) groups is 1. The van der Waals surface area contributed by atoms with Gasteiger partial charge in [0.1, 0.15) is 0 Å². The molecule has 2 fully saturated rings. The fourth-order valence-electron chi connectivity index (χ4n) is 3.89. The highest BCUT2D eigenvalue weighted by atomic mass is 32.2. The molecule has 2 saturated heterocycles. The summed E-state index contributed by atoms with van der Waals surface area (Å²) in [6.45, 7) is 13.3. The van der Waals surface area contributed by atoms with Crippen molar-refractivity contribution in [2.45, 2.75) is 49.3 Å². The second kappa shape index (κ2) is 8.22. The summed E-state index contributed by atoms with van der Waals surface area (Å²) >= 11 is 2.01. The fourth-order valence-corrected chi connectivity index (χ4v) is 5.00. The molecule has 4 heteroatoms. The molecule has 3 rings (SSSR count). The Morgan fingerprint density at radius 1 is 1.12 bits per heavy atom. The molecule has 3 nitrogen and oxygen atoms in total. The van der Waals surface area contributed by atoms with Gasteiger partial charge in [-0.2, -0.15) is 0 Å². The number of nitrogens with one attached hydrogen (secondary N) is 1. The van der Waals surface area contributed by atoms with Gasteiger partial charge in [-0.05, 0) is 30.4 Å². The molecular weight excluding hydrogens is 316 g/mol. The zero-order chi connectivity index (χ0) is 17.0. The summed E-state index contributed by atoms with van der Waals surface area (Å²) in [6, 6.07) is 9.63. The molecule has 0 aromatic heterocycles. The number of nitrogens with zero attached hydrogens (tertiary/aromatic N) is 1. The highest BCUT2D eigenvalue weighted by Gasteiger charge is 2.33. The third kappa shape index (κ3) is 4.75. The Labute approximate surface area is 151 Å². The summed E-state index contributed by atoms with van der Waals surface area (Å²) in [4.78, 5) is 4.18. The van der Waals surface area contributed by atoms with E-state index in [1.165, 1.54) is 23.3 Å². The van der Waals surface area contributed by atoms with E-state index in [4.69, 9.17) is 4.74 Å². The van der Waals surface area contributed by atoms with Crippen molar-refractivity contribution >= 4 is 11.8 Å². The first-order valence-corrected chi connectivity index (χ1v) is 10.2. The maximum absolute atomic E-state index is 5.65. The molecule has 0 aliphatic carbocycles. The van der Waals surface area contributed by atoms with Crippen LogP contribution in [0.5, 0.6) is 0 Å². The van der Waals surface area contributed by atoms with Crippen LogP contribution in [0.25, 0.3) is 0 Å². The Kier molecular flexibility index (Phi) is 6.25. The second-order valence-corrected chi connectivity index (χ2v) is 9.80. The van der Waals surface area contributed by atoms with Crippen LogP contribution in [0.4, 0.5) is 0 Å². The first kappa shape index (κ1) is 18.2. The van der Waals surface area contributed by atoms with Crippen molar-refractivity contribution < 1.29 is 4.74 Å². The van der Waals surface area contributed by atoms with Crippen LogP contribution < -0.4 is 5.32 Å². The summed E-state index contributed by atoms with van der Waals surface area (Å²) in [5.74, 6) is 0.707. The van der Waals surface area contributed by atoms with Crippen LogP contribution in [-0.2, 0) is 4.74 Å². The summed E-state index contributed by atoms with van der Waals surface area (Å²) < 4.78 is 5.88. The molecule has 0 radical (unpaired) electrons. The molecule has 2 heterocycles. The minimum absolute atomic E-state index is 0.236. The summed E-state index contributed by atoms with van der Waals surface area (Å²) in [5.41, 5.74) is 1.53. The number of rotatable bonds is 4. The highest BCUT2D eigenvalue weighted by Crippen LogP contribution is 2.42. The summed E-state index contributed by atoms with van der Waals surface area (Å²) in [6.07, 6.45) is 2.37. The number of piperazine rings is 1. The third-order valence-electron chi connectivity index (χ3n) is 4.91. The Morgan fingerprint density at radius 2 is 1.79 bits per heavy atom. The van der Waals surface area contributed by atoms with Gasteiger partial charge in [-0.15, -0.1) is 11.8 Å². The van der Waals surface area contributed by atoms with Gasteiger partial charge in [0.25, 0.3) is 0 Å². The number of hydrogen-bond acceptors (Lipinski definition) is 4. The lowest BCUT2D eigenvalue weighted by molar-refractivity contribution is 0.0205. The van der Waals surface area contributed by atoms with Crippen LogP contribution in [0.3, 0.4) is 0 Å². The maximum Gasteiger partial charge on any atom is 0.0469 e. The van der Waals surface area contributed by atoms with E-state index in [1.807, 2.05) is 11.8 Å². The van der Waals surface area contributed by atoms with Crippen molar-refractivity contribution in [1.29, 1.82) is 0 Å². The molecule has 1 N–H and O–H groups in total. The molecule has 0 saturated carbocycles. The van der Waals surface area contributed by atoms with Crippen molar-refractivity contribution in [2.24, 2.45) is 5.92 Å². The molecule has 2 aliphatic heterocycles. The van der Waals surface area contributed by atoms with Crippen molar-refractivity contribution in [3.8, 4) is 0 Å². The van der Waals surface area contributed by atoms with Crippen LogP contribution in [-0.4, -0.2) is 49.0 Å². The quantitative estimate of drug-likeness (QED) is 0.833. The molecule has 1 atom stereocenters. The monoisotopic (exact) mass is 348 g/mol. The van der Waals surface area contributed by atoms with Gasteiger partial charge in [-0.3, -0.25) is 4.90 Å². The molecule has 134 valence electrons. The molecule has 0 unspecified atom stereocenters. The molecule has 0 spiro atoms. The van der Waals surface area contributed by atoms with Gasteiger partial charge in [-0.1, -0.05) is 39.0 Å². The molecular formula is C20H32N2OS. The molecule has 1 aromatic rings.